The zero-order valence-corrected chi connectivity index (χ0v) is 19.1. The number of sulfonamides is 1. The van der Waals surface area contributed by atoms with E-state index in [1.54, 1.807) is 0 Å². The SMILES string of the molecule is COc1ccc([N+](=O)[O-])cc1NC(=O)C(C)OC(=O)[C@@H]1CCCN1S(=O)(=O)c1ccccc1F. The van der Waals surface area contributed by atoms with Gasteiger partial charge in [-0.25, -0.2) is 12.8 Å². The number of ether oxygens (including phenoxy) is 2. The number of esters is 1. The van der Waals surface area contributed by atoms with Gasteiger partial charge in [-0.3, -0.25) is 19.7 Å². The topological polar surface area (TPSA) is 145 Å². The molecule has 2 aromatic carbocycles. The first-order chi connectivity index (χ1) is 16.1. The van der Waals surface area contributed by atoms with Gasteiger partial charge < -0.3 is 14.8 Å². The highest BCUT2D eigenvalue weighted by Crippen LogP contribution is 2.30. The zero-order chi connectivity index (χ0) is 25.0. The Labute approximate surface area is 194 Å². The molecule has 0 aliphatic carbocycles. The third kappa shape index (κ3) is 5.15. The lowest BCUT2D eigenvalue weighted by atomic mass is 10.2. The summed E-state index contributed by atoms with van der Waals surface area (Å²) in [6.07, 6.45) is -0.881. The summed E-state index contributed by atoms with van der Waals surface area (Å²) in [6, 6.07) is 7.18. The van der Waals surface area contributed by atoms with E-state index in [9.17, 15) is 32.5 Å². The number of nitro benzene ring substituents is 1. The van der Waals surface area contributed by atoms with E-state index in [0.717, 1.165) is 22.5 Å². The summed E-state index contributed by atoms with van der Waals surface area (Å²) in [5.74, 6) is -2.57. The van der Waals surface area contributed by atoms with E-state index in [2.05, 4.69) is 5.32 Å². The number of anilines is 1. The number of benzene rings is 2. The lowest BCUT2D eigenvalue weighted by molar-refractivity contribution is -0.384. The quantitative estimate of drug-likeness (QED) is 0.334. The number of nitro groups is 1. The van der Waals surface area contributed by atoms with Crippen LogP contribution in [0, 0.1) is 15.9 Å². The van der Waals surface area contributed by atoms with Crippen LogP contribution in [-0.4, -0.2) is 55.3 Å². The molecule has 1 aliphatic rings. The molecule has 1 unspecified atom stereocenters. The van der Waals surface area contributed by atoms with Crippen LogP contribution in [0.15, 0.2) is 47.4 Å². The smallest absolute Gasteiger partial charge is 0.325 e. The third-order valence-electron chi connectivity index (χ3n) is 5.21. The highest BCUT2D eigenvalue weighted by molar-refractivity contribution is 7.89. The molecule has 2 aromatic rings. The normalized spacial score (nSPS) is 17.1. The largest absolute Gasteiger partial charge is 0.495 e. The van der Waals surface area contributed by atoms with Crippen molar-refractivity contribution in [1.29, 1.82) is 0 Å². The maximum Gasteiger partial charge on any atom is 0.325 e. The number of nitrogens with zero attached hydrogens (tertiary/aromatic N) is 2. The molecule has 0 saturated carbocycles. The van der Waals surface area contributed by atoms with E-state index >= 15 is 0 Å². The number of nitrogens with one attached hydrogen (secondary N) is 1. The lowest BCUT2D eigenvalue weighted by Gasteiger charge is -2.24. The molecule has 13 heteroatoms. The van der Waals surface area contributed by atoms with Gasteiger partial charge >= 0.3 is 5.97 Å². The molecule has 0 bridgehead atoms. The first-order valence-electron chi connectivity index (χ1n) is 10.2. The van der Waals surface area contributed by atoms with Crippen molar-refractivity contribution in [2.45, 2.75) is 36.8 Å². The molecule has 1 amide bonds. The van der Waals surface area contributed by atoms with Crippen molar-refractivity contribution in [2.75, 3.05) is 19.0 Å². The van der Waals surface area contributed by atoms with Gasteiger partial charge in [-0.1, -0.05) is 12.1 Å². The van der Waals surface area contributed by atoms with Crippen LogP contribution in [0.25, 0.3) is 0 Å². The first-order valence-corrected chi connectivity index (χ1v) is 11.6. The van der Waals surface area contributed by atoms with Crippen LogP contribution in [0.3, 0.4) is 0 Å². The van der Waals surface area contributed by atoms with Gasteiger partial charge in [-0.2, -0.15) is 4.31 Å². The predicted octanol–water partition coefficient (Wildman–Crippen LogP) is 2.47. The van der Waals surface area contributed by atoms with E-state index in [4.69, 9.17) is 9.47 Å². The first kappa shape index (κ1) is 25.1. The molecule has 3 rings (SSSR count). The number of carbonyl (C=O) groups is 2. The Bertz CT molecular complexity index is 1220. The molecular formula is C21H22FN3O8S. The molecular weight excluding hydrogens is 473 g/mol. The van der Waals surface area contributed by atoms with Crippen LogP contribution in [0.5, 0.6) is 5.75 Å². The highest BCUT2D eigenvalue weighted by Gasteiger charge is 2.42. The molecule has 1 aliphatic heterocycles. The molecule has 182 valence electrons. The maximum absolute atomic E-state index is 14.1. The summed E-state index contributed by atoms with van der Waals surface area (Å²) < 4.78 is 51.1. The van der Waals surface area contributed by atoms with Crippen LogP contribution in [0.4, 0.5) is 15.8 Å². The van der Waals surface area contributed by atoms with Crippen LogP contribution >= 0.6 is 0 Å². The fraction of sp³-hybridized carbons (Fsp3) is 0.333. The zero-order valence-electron chi connectivity index (χ0n) is 18.3. The Kier molecular flexibility index (Phi) is 7.47. The molecule has 0 spiro atoms. The van der Waals surface area contributed by atoms with Crippen LogP contribution in [0.1, 0.15) is 19.8 Å². The number of amides is 1. The van der Waals surface area contributed by atoms with Gasteiger partial charge in [0.25, 0.3) is 11.6 Å². The van der Waals surface area contributed by atoms with E-state index in [-0.39, 0.29) is 30.1 Å². The van der Waals surface area contributed by atoms with Crippen molar-refractivity contribution in [3.8, 4) is 5.75 Å². The van der Waals surface area contributed by atoms with Gasteiger partial charge in [0.2, 0.25) is 10.0 Å². The minimum Gasteiger partial charge on any atom is -0.495 e. The molecule has 2 atom stereocenters. The number of carbonyl (C=O) groups excluding carboxylic acids is 2. The Hall–Kier alpha value is -3.58. The van der Waals surface area contributed by atoms with Crippen molar-refractivity contribution in [3.05, 3.63) is 58.4 Å². The average Bonchev–Trinajstić information content (AvgIpc) is 3.30. The van der Waals surface area contributed by atoms with Gasteiger partial charge in [0.05, 0.1) is 17.7 Å². The Morgan fingerprint density at radius 2 is 1.97 bits per heavy atom. The summed E-state index contributed by atoms with van der Waals surface area (Å²) in [7, 11) is -3.00. The standard InChI is InChI=1S/C21H22FN3O8S/c1-13(20(26)23-16-12-14(25(28)29)9-10-18(16)32-2)33-21(27)17-7-5-11-24(17)34(30,31)19-8-4-3-6-15(19)22/h3-4,6,8-10,12-13,17H,5,7,11H2,1-2H3,(H,23,26)/t13?,17-/m0/s1. The van der Waals surface area contributed by atoms with Crippen LogP contribution in [-0.2, 0) is 24.3 Å². The van der Waals surface area contributed by atoms with Gasteiger partial charge in [-0.05, 0) is 38.0 Å². The number of methoxy groups -OCH3 is 1. The van der Waals surface area contributed by atoms with E-state index in [1.807, 2.05) is 0 Å². The second kappa shape index (κ2) is 10.1. The molecule has 1 heterocycles. The number of hydrogen-bond donors (Lipinski definition) is 1. The molecule has 0 aromatic heterocycles. The molecule has 34 heavy (non-hydrogen) atoms. The summed E-state index contributed by atoms with van der Waals surface area (Å²) >= 11 is 0. The van der Waals surface area contributed by atoms with Crippen LogP contribution < -0.4 is 10.1 Å². The average molecular weight is 495 g/mol. The highest BCUT2D eigenvalue weighted by atomic mass is 32.2. The summed E-state index contributed by atoms with van der Waals surface area (Å²) in [5, 5.41) is 13.4. The predicted molar refractivity (Wildman–Crippen MR) is 117 cm³/mol. The Morgan fingerprint density at radius 1 is 1.26 bits per heavy atom. The number of non-ortho nitro benzene ring substituents is 1. The van der Waals surface area contributed by atoms with Gasteiger partial charge in [0.1, 0.15) is 22.5 Å². The minimum absolute atomic E-state index is 0.00535. The minimum atomic E-state index is -4.31. The van der Waals surface area contributed by atoms with Gasteiger partial charge in [0, 0.05) is 18.7 Å². The van der Waals surface area contributed by atoms with Crippen molar-refractivity contribution >= 4 is 33.3 Å². The van der Waals surface area contributed by atoms with Gasteiger partial charge in [0.15, 0.2) is 6.10 Å². The summed E-state index contributed by atoms with van der Waals surface area (Å²) in [4.78, 5) is 35.1. The van der Waals surface area contributed by atoms with E-state index < -0.39 is 49.7 Å². The Morgan fingerprint density at radius 3 is 2.62 bits per heavy atom. The molecule has 1 N–H and O–H groups in total. The fourth-order valence-electron chi connectivity index (χ4n) is 3.49. The van der Waals surface area contributed by atoms with Crippen LogP contribution in [0.2, 0.25) is 0 Å². The number of hydrogen-bond acceptors (Lipinski definition) is 8. The molecule has 1 saturated heterocycles. The second-order valence-electron chi connectivity index (χ2n) is 7.41. The summed E-state index contributed by atoms with van der Waals surface area (Å²) in [5.41, 5.74) is -0.296. The lowest BCUT2D eigenvalue weighted by Crippen LogP contribution is -2.43. The number of rotatable bonds is 8. The maximum atomic E-state index is 14.1. The van der Waals surface area contributed by atoms with E-state index in [0.29, 0.717) is 6.42 Å². The molecule has 1 fully saturated rings. The Balaban J connectivity index is 1.73. The van der Waals surface area contributed by atoms with Crippen molar-refractivity contribution in [3.63, 3.8) is 0 Å². The van der Waals surface area contributed by atoms with Gasteiger partial charge in [-0.15, -0.1) is 0 Å². The third-order valence-corrected chi connectivity index (χ3v) is 7.15. The second-order valence-corrected chi connectivity index (χ2v) is 9.27. The monoisotopic (exact) mass is 495 g/mol. The fourth-order valence-corrected chi connectivity index (χ4v) is 5.21. The molecule has 11 nitrogen and oxygen atoms in total. The summed E-state index contributed by atoms with van der Waals surface area (Å²) in [6.45, 7) is 1.25. The number of halogens is 1. The van der Waals surface area contributed by atoms with Crippen molar-refractivity contribution in [1.82, 2.24) is 4.31 Å². The van der Waals surface area contributed by atoms with Crippen molar-refractivity contribution in [2.24, 2.45) is 0 Å². The molecule has 0 radical (unpaired) electrons. The van der Waals surface area contributed by atoms with Crippen molar-refractivity contribution < 1.29 is 36.8 Å². The van der Waals surface area contributed by atoms with E-state index in [1.165, 1.54) is 38.3 Å².